The maximum atomic E-state index is 12.3. The first kappa shape index (κ1) is 18.5. The number of rotatable bonds is 5. The van der Waals surface area contributed by atoms with Crippen molar-refractivity contribution in [2.75, 3.05) is 12.4 Å². The van der Waals surface area contributed by atoms with Crippen molar-refractivity contribution in [3.05, 3.63) is 35.5 Å². The fourth-order valence-electron chi connectivity index (χ4n) is 1.70. The second-order valence-corrected chi connectivity index (χ2v) is 8.08. The predicted octanol–water partition coefficient (Wildman–Crippen LogP) is 1.03. The number of sulfonamides is 1. The molecule has 2 amide bonds. The van der Waals surface area contributed by atoms with Crippen molar-refractivity contribution in [2.24, 2.45) is 0 Å². The van der Waals surface area contributed by atoms with Gasteiger partial charge in [0.2, 0.25) is 0 Å². The van der Waals surface area contributed by atoms with E-state index >= 15 is 0 Å². The molecule has 0 saturated carbocycles. The van der Waals surface area contributed by atoms with E-state index in [1.807, 2.05) is 10.5 Å². The molecule has 0 aliphatic heterocycles. The Morgan fingerprint density at radius 3 is 2.67 bits per heavy atom. The van der Waals surface area contributed by atoms with E-state index in [2.05, 4.69) is 15.3 Å². The van der Waals surface area contributed by atoms with E-state index in [1.165, 1.54) is 19.2 Å². The van der Waals surface area contributed by atoms with Crippen molar-refractivity contribution in [2.45, 2.75) is 10.7 Å². The minimum atomic E-state index is -4.01. The predicted molar refractivity (Wildman–Crippen MR) is 90.6 cm³/mol. The molecule has 0 aliphatic carbocycles. The molecule has 0 spiro atoms. The minimum absolute atomic E-state index is 0.0408. The van der Waals surface area contributed by atoms with Crippen LogP contribution in [0.5, 0.6) is 5.88 Å². The number of carbonyl (C=O) groups is 1. The van der Waals surface area contributed by atoms with Crippen LogP contribution in [0.3, 0.4) is 0 Å². The van der Waals surface area contributed by atoms with E-state index in [0.717, 1.165) is 0 Å². The molecule has 2 rings (SSSR count). The van der Waals surface area contributed by atoms with Gasteiger partial charge in [0.15, 0.2) is 0 Å². The quantitative estimate of drug-likeness (QED) is 0.536. The van der Waals surface area contributed by atoms with Crippen molar-refractivity contribution in [3.8, 4) is 5.88 Å². The van der Waals surface area contributed by atoms with E-state index in [0.29, 0.717) is 4.46 Å². The van der Waals surface area contributed by atoms with Gasteiger partial charge in [0, 0.05) is 0 Å². The molecular weight excluding hydrogens is 423 g/mol. The van der Waals surface area contributed by atoms with Crippen LogP contribution in [0.15, 0.2) is 35.2 Å². The van der Waals surface area contributed by atoms with Gasteiger partial charge in [-0.25, -0.2) is 0 Å². The number of anilines is 1. The Morgan fingerprint density at radius 1 is 1.29 bits per heavy atom. The van der Waals surface area contributed by atoms with Crippen LogP contribution >= 0.6 is 11.6 Å². The summed E-state index contributed by atoms with van der Waals surface area (Å²) in [6.07, 6.45) is 0. The standard InChI is InChI=1S/C13H13ClN4O4SSe/c1-22-11-7-10(14)15-12(16-11)17-13(19)18-23(20,21)8-5-3-4-6-9(8)24-2/h3-7H,1-2H3,(H2,15,16,17,18,19). The van der Waals surface area contributed by atoms with Crippen LogP contribution in [0.1, 0.15) is 0 Å². The molecule has 8 nitrogen and oxygen atoms in total. The topological polar surface area (TPSA) is 110 Å². The summed E-state index contributed by atoms with van der Waals surface area (Å²) in [5.41, 5.74) is 0. The van der Waals surface area contributed by atoms with E-state index < -0.39 is 16.1 Å². The second-order valence-electron chi connectivity index (χ2n) is 4.27. The van der Waals surface area contributed by atoms with E-state index in [4.69, 9.17) is 16.3 Å². The van der Waals surface area contributed by atoms with Crippen molar-refractivity contribution >= 4 is 53.0 Å². The van der Waals surface area contributed by atoms with Gasteiger partial charge >= 0.3 is 150 Å². The van der Waals surface area contributed by atoms with Crippen LogP contribution < -0.4 is 19.2 Å². The zero-order valence-electron chi connectivity index (χ0n) is 12.6. The molecule has 0 bridgehead atoms. The summed E-state index contributed by atoms with van der Waals surface area (Å²) in [5, 5.41) is 2.25. The van der Waals surface area contributed by atoms with Crippen LogP contribution in [0.25, 0.3) is 0 Å². The number of ether oxygens (including phenoxy) is 1. The number of methoxy groups -OCH3 is 1. The summed E-state index contributed by atoms with van der Waals surface area (Å²) in [5.74, 6) is 1.83. The Hall–Kier alpha value is -1.87. The van der Waals surface area contributed by atoms with Gasteiger partial charge in [-0.1, -0.05) is 0 Å². The normalized spacial score (nSPS) is 11.0. The van der Waals surface area contributed by atoms with E-state index in [9.17, 15) is 13.2 Å². The average molecular weight is 436 g/mol. The van der Waals surface area contributed by atoms with Crippen LogP contribution in [0.2, 0.25) is 11.0 Å². The summed E-state index contributed by atoms with van der Waals surface area (Å²) in [6, 6.07) is 6.82. The summed E-state index contributed by atoms with van der Waals surface area (Å²) in [6.45, 7) is 0. The van der Waals surface area contributed by atoms with Gasteiger partial charge in [-0.2, -0.15) is 0 Å². The molecule has 0 aliphatic rings. The van der Waals surface area contributed by atoms with Gasteiger partial charge in [0.25, 0.3) is 0 Å². The third-order valence-corrected chi connectivity index (χ3v) is 6.24. The SMILES string of the molecule is COc1cc(Cl)nc(NC(=O)NS(=O)(=O)c2ccccc2[Se]C)n1. The van der Waals surface area contributed by atoms with Gasteiger partial charge in [-0.3, -0.25) is 0 Å². The van der Waals surface area contributed by atoms with Gasteiger partial charge in [0.1, 0.15) is 0 Å². The van der Waals surface area contributed by atoms with Crippen LogP contribution in [0.4, 0.5) is 10.7 Å². The maximum absolute atomic E-state index is 12.3. The number of hydrogen-bond donors (Lipinski definition) is 2. The third-order valence-electron chi connectivity index (χ3n) is 2.69. The number of aromatic nitrogens is 2. The molecule has 11 heteroatoms. The van der Waals surface area contributed by atoms with E-state index in [1.54, 1.807) is 18.2 Å². The zero-order chi connectivity index (χ0) is 17.7. The van der Waals surface area contributed by atoms with Gasteiger partial charge in [0.05, 0.1) is 0 Å². The average Bonchev–Trinajstić information content (AvgIpc) is 2.53. The molecule has 1 aromatic heterocycles. The molecule has 1 aromatic carbocycles. The number of urea groups is 1. The Bertz CT molecular complexity index is 863. The number of carbonyl (C=O) groups excluding carboxylic acids is 1. The van der Waals surface area contributed by atoms with Crippen molar-refractivity contribution in [1.82, 2.24) is 14.7 Å². The summed E-state index contributed by atoms with van der Waals surface area (Å²) in [7, 11) is -2.64. The first-order chi connectivity index (χ1) is 11.4. The van der Waals surface area contributed by atoms with Crippen molar-refractivity contribution in [3.63, 3.8) is 0 Å². The Balaban J connectivity index is 2.18. The Morgan fingerprint density at radius 2 is 2.00 bits per heavy atom. The molecule has 0 unspecified atom stereocenters. The van der Waals surface area contributed by atoms with Crippen molar-refractivity contribution < 1.29 is 17.9 Å². The zero-order valence-corrected chi connectivity index (χ0v) is 15.9. The van der Waals surface area contributed by atoms with Gasteiger partial charge < -0.3 is 0 Å². The first-order valence-electron chi connectivity index (χ1n) is 6.41. The number of halogens is 1. The summed E-state index contributed by atoms with van der Waals surface area (Å²) < 4.78 is 32.2. The van der Waals surface area contributed by atoms with Crippen molar-refractivity contribution in [1.29, 1.82) is 0 Å². The summed E-state index contributed by atoms with van der Waals surface area (Å²) >= 11 is 5.71. The monoisotopic (exact) mass is 436 g/mol. The fourth-order valence-corrected chi connectivity index (χ4v) is 5.01. The molecule has 128 valence electrons. The number of hydrogen-bond acceptors (Lipinski definition) is 6. The van der Waals surface area contributed by atoms with E-state index in [-0.39, 0.29) is 36.8 Å². The Kier molecular flexibility index (Phi) is 6.00. The number of nitrogens with zero attached hydrogens (tertiary/aromatic N) is 2. The Labute approximate surface area is 150 Å². The van der Waals surface area contributed by atoms with Crippen LogP contribution in [-0.2, 0) is 10.0 Å². The number of amides is 2. The molecule has 24 heavy (non-hydrogen) atoms. The fraction of sp³-hybridized carbons (Fsp3) is 0.154. The number of benzene rings is 1. The molecule has 0 saturated heterocycles. The molecule has 1 heterocycles. The molecule has 2 aromatic rings. The second kappa shape index (κ2) is 7.80. The van der Waals surface area contributed by atoms with Crippen LogP contribution in [0, 0.1) is 0 Å². The molecule has 0 radical (unpaired) electrons. The van der Waals surface area contributed by atoms with Crippen LogP contribution in [-0.4, -0.2) is 46.5 Å². The molecule has 2 N–H and O–H groups in total. The van der Waals surface area contributed by atoms with Gasteiger partial charge in [-0.15, -0.1) is 0 Å². The first-order valence-corrected chi connectivity index (χ1v) is 10.8. The molecule has 0 atom stereocenters. The van der Waals surface area contributed by atoms with Gasteiger partial charge in [-0.05, 0) is 0 Å². The third kappa shape index (κ3) is 4.57. The molecule has 0 fully saturated rings. The number of nitrogens with one attached hydrogen (secondary N) is 2. The summed E-state index contributed by atoms with van der Waals surface area (Å²) in [4.78, 5) is 19.6. The molecular formula is C13H13ClN4O4SSe.